The summed E-state index contributed by atoms with van der Waals surface area (Å²) in [7, 11) is 0. The second-order valence-electron chi connectivity index (χ2n) is 5.94. The summed E-state index contributed by atoms with van der Waals surface area (Å²) < 4.78 is 4.99. The molecule has 1 unspecified atom stereocenters. The Kier molecular flexibility index (Phi) is 4.81. The van der Waals surface area contributed by atoms with E-state index in [-0.39, 0.29) is 24.5 Å². The van der Waals surface area contributed by atoms with Gasteiger partial charge in [-0.15, -0.1) is 0 Å². The summed E-state index contributed by atoms with van der Waals surface area (Å²) in [5.41, 5.74) is 0.931. The molecule has 2 aromatic carbocycles. The standard InChI is InChI=1S/C19H22N2O3/c1-3-24-18(22)13-20-11-12-21(19(23)14(20)2)17-10-6-8-15-7-4-5-9-16(15)17/h4-10,14H,3,11-13H2,1-2H3. The molecule has 1 aliphatic rings. The first-order chi connectivity index (χ1) is 11.6. The highest BCUT2D eigenvalue weighted by Gasteiger charge is 2.33. The molecule has 0 aliphatic carbocycles. The summed E-state index contributed by atoms with van der Waals surface area (Å²) >= 11 is 0. The van der Waals surface area contributed by atoms with E-state index in [0.717, 1.165) is 16.5 Å². The van der Waals surface area contributed by atoms with Gasteiger partial charge >= 0.3 is 5.97 Å². The molecule has 1 atom stereocenters. The lowest BCUT2D eigenvalue weighted by Crippen LogP contribution is -2.57. The van der Waals surface area contributed by atoms with Crippen LogP contribution in [0.1, 0.15) is 13.8 Å². The highest BCUT2D eigenvalue weighted by molar-refractivity contribution is 6.05. The number of benzene rings is 2. The van der Waals surface area contributed by atoms with Gasteiger partial charge in [-0.2, -0.15) is 0 Å². The highest BCUT2D eigenvalue weighted by Crippen LogP contribution is 2.29. The van der Waals surface area contributed by atoms with Crippen LogP contribution in [-0.4, -0.2) is 49.1 Å². The number of rotatable bonds is 4. The Labute approximate surface area is 141 Å². The first-order valence-electron chi connectivity index (χ1n) is 8.30. The van der Waals surface area contributed by atoms with Gasteiger partial charge in [0.05, 0.1) is 24.9 Å². The Morgan fingerprint density at radius 2 is 1.92 bits per heavy atom. The molecule has 3 rings (SSSR count). The van der Waals surface area contributed by atoms with Gasteiger partial charge in [0.25, 0.3) is 0 Å². The van der Waals surface area contributed by atoms with Crippen LogP contribution in [0, 0.1) is 0 Å². The van der Waals surface area contributed by atoms with Crippen LogP contribution in [0.5, 0.6) is 0 Å². The van der Waals surface area contributed by atoms with E-state index in [1.54, 1.807) is 6.92 Å². The summed E-state index contributed by atoms with van der Waals surface area (Å²) in [4.78, 5) is 28.3. The molecule has 2 aromatic rings. The molecule has 0 spiro atoms. The van der Waals surface area contributed by atoms with Gasteiger partial charge in [0.2, 0.25) is 5.91 Å². The fourth-order valence-corrected chi connectivity index (χ4v) is 3.19. The van der Waals surface area contributed by atoms with Gasteiger partial charge in [0, 0.05) is 18.5 Å². The lowest BCUT2D eigenvalue weighted by atomic mass is 10.1. The number of piperazine rings is 1. The molecule has 0 bridgehead atoms. The largest absolute Gasteiger partial charge is 0.465 e. The molecule has 0 N–H and O–H groups in total. The zero-order valence-corrected chi connectivity index (χ0v) is 14.1. The molecule has 24 heavy (non-hydrogen) atoms. The van der Waals surface area contributed by atoms with Crippen LogP contribution in [0.4, 0.5) is 5.69 Å². The number of nitrogens with zero attached hydrogens (tertiary/aromatic N) is 2. The third-order valence-electron chi connectivity index (χ3n) is 4.48. The van der Waals surface area contributed by atoms with Crippen molar-refractivity contribution < 1.29 is 14.3 Å². The van der Waals surface area contributed by atoms with Crippen molar-refractivity contribution in [2.24, 2.45) is 0 Å². The van der Waals surface area contributed by atoms with Crippen LogP contribution in [-0.2, 0) is 14.3 Å². The molecule has 5 heteroatoms. The minimum absolute atomic E-state index is 0.0156. The fourth-order valence-electron chi connectivity index (χ4n) is 3.19. The molecule has 126 valence electrons. The lowest BCUT2D eigenvalue weighted by molar-refractivity contribution is -0.145. The molecule has 0 saturated carbocycles. The molecule has 0 aromatic heterocycles. The average Bonchev–Trinajstić information content (AvgIpc) is 2.59. The van der Waals surface area contributed by atoms with Gasteiger partial charge < -0.3 is 9.64 Å². The van der Waals surface area contributed by atoms with Gasteiger partial charge in [0.15, 0.2) is 0 Å². The second-order valence-corrected chi connectivity index (χ2v) is 5.94. The molecule has 1 amide bonds. The Bertz CT molecular complexity index is 754. The van der Waals surface area contributed by atoms with Gasteiger partial charge in [-0.05, 0) is 25.3 Å². The Hall–Kier alpha value is -2.40. The van der Waals surface area contributed by atoms with Gasteiger partial charge in [0.1, 0.15) is 0 Å². The van der Waals surface area contributed by atoms with Crippen molar-refractivity contribution in [1.29, 1.82) is 0 Å². The molecular formula is C19H22N2O3. The van der Waals surface area contributed by atoms with E-state index in [4.69, 9.17) is 4.74 Å². The number of hydrogen-bond acceptors (Lipinski definition) is 4. The smallest absolute Gasteiger partial charge is 0.320 e. The molecule has 5 nitrogen and oxygen atoms in total. The van der Waals surface area contributed by atoms with Crippen molar-refractivity contribution in [3.63, 3.8) is 0 Å². The maximum atomic E-state index is 12.9. The van der Waals surface area contributed by atoms with E-state index in [2.05, 4.69) is 0 Å². The number of carbonyl (C=O) groups excluding carboxylic acids is 2. The van der Waals surface area contributed by atoms with Gasteiger partial charge in [-0.1, -0.05) is 36.4 Å². The van der Waals surface area contributed by atoms with Gasteiger partial charge in [-0.3, -0.25) is 14.5 Å². The molecule has 1 aliphatic heterocycles. The predicted molar refractivity (Wildman–Crippen MR) is 94.0 cm³/mol. The SMILES string of the molecule is CCOC(=O)CN1CCN(c2cccc3ccccc23)C(=O)C1C. The Morgan fingerprint density at radius 3 is 2.71 bits per heavy atom. The quantitative estimate of drug-likeness (QED) is 0.810. The van der Waals surface area contributed by atoms with Crippen molar-refractivity contribution in [3.8, 4) is 0 Å². The molecular weight excluding hydrogens is 304 g/mol. The summed E-state index contributed by atoms with van der Waals surface area (Å²) in [6, 6.07) is 13.7. The van der Waals surface area contributed by atoms with Crippen LogP contribution in [0.2, 0.25) is 0 Å². The van der Waals surface area contributed by atoms with Crippen LogP contribution in [0.3, 0.4) is 0 Å². The Morgan fingerprint density at radius 1 is 1.17 bits per heavy atom. The topological polar surface area (TPSA) is 49.9 Å². The second kappa shape index (κ2) is 7.01. The zero-order valence-electron chi connectivity index (χ0n) is 14.1. The fraction of sp³-hybridized carbons (Fsp3) is 0.368. The van der Waals surface area contributed by atoms with E-state index >= 15 is 0 Å². The summed E-state index contributed by atoms with van der Waals surface area (Å²) in [6.45, 7) is 5.36. The predicted octanol–water partition coefficient (Wildman–Crippen LogP) is 2.44. The normalized spacial score (nSPS) is 18.8. The van der Waals surface area contributed by atoms with Crippen LogP contribution >= 0.6 is 0 Å². The number of anilines is 1. The van der Waals surface area contributed by atoms with Crippen molar-refractivity contribution >= 4 is 28.3 Å². The third kappa shape index (κ3) is 3.12. The number of fused-ring (bicyclic) bond motifs is 1. The van der Waals surface area contributed by atoms with Crippen molar-refractivity contribution in [2.75, 3.05) is 31.1 Å². The number of esters is 1. The number of carbonyl (C=O) groups is 2. The summed E-state index contributed by atoms with van der Waals surface area (Å²) in [6.07, 6.45) is 0. The molecule has 1 fully saturated rings. The first-order valence-corrected chi connectivity index (χ1v) is 8.30. The van der Waals surface area contributed by atoms with E-state index < -0.39 is 0 Å². The molecule has 1 saturated heterocycles. The summed E-state index contributed by atoms with van der Waals surface area (Å²) in [5, 5.41) is 2.18. The minimum Gasteiger partial charge on any atom is -0.465 e. The van der Waals surface area contributed by atoms with Crippen molar-refractivity contribution in [3.05, 3.63) is 42.5 Å². The molecule has 1 heterocycles. The highest BCUT2D eigenvalue weighted by atomic mass is 16.5. The van der Waals surface area contributed by atoms with Crippen LogP contribution < -0.4 is 4.90 Å². The third-order valence-corrected chi connectivity index (χ3v) is 4.48. The first kappa shape index (κ1) is 16.5. The van der Waals surface area contributed by atoms with Crippen molar-refractivity contribution in [2.45, 2.75) is 19.9 Å². The van der Waals surface area contributed by atoms with Crippen LogP contribution in [0.15, 0.2) is 42.5 Å². The van der Waals surface area contributed by atoms with E-state index in [1.165, 1.54) is 0 Å². The average molecular weight is 326 g/mol. The number of hydrogen-bond donors (Lipinski definition) is 0. The number of ether oxygens (including phenoxy) is 1. The number of amides is 1. The molecule has 0 radical (unpaired) electrons. The zero-order chi connectivity index (χ0) is 17.1. The van der Waals surface area contributed by atoms with Crippen molar-refractivity contribution in [1.82, 2.24) is 4.90 Å². The van der Waals surface area contributed by atoms with E-state index in [9.17, 15) is 9.59 Å². The Balaban J connectivity index is 1.82. The maximum absolute atomic E-state index is 12.9. The minimum atomic E-state index is -0.345. The summed E-state index contributed by atoms with van der Waals surface area (Å²) in [5.74, 6) is -0.266. The van der Waals surface area contributed by atoms with Crippen LogP contribution in [0.25, 0.3) is 10.8 Å². The monoisotopic (exact) mass is 326 g/mol. The van der Waals surface area contributed by atoms with E-state index in [1.807, 2.05) is 59.2 Å². The lowest BCUT2D eigenvalue weighted by Gasteiger charge is -2.38. The maximum Gasteiger partial charge on any atom is 0.320 e. The van der Waals surface area contributed by atoms with E-state index in [0.29, 0.717) is 19.7 Å². The van der Waals surface area contributed by atoms with Gasteiger partial charge in [-0.25, -0.2) is 0 Å².